The van der Waals surface area contributed by atoms with Crippen LogP contribution < -0.4 is 5.32 Å². The summed E-state index contributed by atoms with van der Waals surface area (Å²) in [6, 6.07) is 23.7. The van der Waals surface area contributed by atoms with Crippen LogP contribution in [0.5, 0.6) is 0 Å². The van der Waals surface area contributed by atoms with Gasteiger partial charge in [0.15, 0.2) is 0 Å². The van der Waals surface area contributed by atoms with Crippen molar-refractivity contribution in [3.8, 4) is 11.4 Å². The number of fused-ring (bicyclic) bond motifs is 1. The van der Waals surface area contributed by atoms with Crippen LogP contribution in [-0.4, -0.2) is 21.7 Å². The van der Waals surface area contributed by atoms with Crippen molar-refractivity contribution in [3.05, 3.63) is 77.3 Å². The minimum absolute atomic E-state index is 0.0835. The largest absolute Gasteiger partial charge is 0.324 e. The van der Waals surface area contributed by atoms with E-state index >= 15 is 0 Å². The van der Waals surface area contributed by atoms with E-state index in [9.17, 15) is 4.79 Å². The maximum Gasteiger partial charge on any atom is 0.244 e. The molecule has 28 heavy (non-hydrogen) atoms. The summed E-state index contributed by atoms with van der Waals surface area (Å²) >= 11 is 5.12. The van der Waals surface area contributed by atoms with E-state index in [0.29, 0.717) is 0 Å². The predicted octanol–water partition coefficient (Wildman–Crippen LogP) is 5.83. The molecule has 0 radical (unpaired) electrons. The molecule has 0 saturated heterocycles. The van der Waals surface area contributed by atoms with Gasteiger partial charge in [-0.05, 0) is 48.7 Å². The lowest BCUT2D eigenvalue weighted by molar-refractivity contribution is -0.116. The molecule has 3 aromatic carbocycles. The predicted molar refractivity (Wildman–Crippen MR) is 120 cm³/mol. The molecule has 0 aliphatic heterocycles. The van der Waals surface area contributed by atoms with E-state index in [2.05, 4.69) is 21.2 Å². The lowest BCUT2D eigenvalue weighted by Gasteiger charge is -2.11. The van der Waals surface area contributed by atoms with Gasteiger partial charge < -0.3 is 9.88 Å². The van der Waals surface area contributed by atoms with E-state index in [1.807, 2.05) is 83.6 Å². The van der Waals surface area contributed by atoms with Crippen molar-refractivity contribution in [2.24, 2.45) is 0 Å². The van der Waals surface area contributed by atoms with Gasteiger partial charge in [-0.1, -0.05) is 46.3 Å². The maximum absolute atomic E-state index is 12.8. The molecule has 0 spiro atoms. The summed E-state index contributed by atoms with van der Waals surface area (Å²) in [6.45, 7) is 0.190. The molecule has 1 aromatic heterocycles. The Balaban J connectivity index is 1.68. The fraction of sp³-hybridized carbons (Fsp3) is 0.0909. The molecule has 4 aromatic rings. The molecule has 140 valence electrons. The molecule has 0 unspecified atom stereocenters. The summed E-state index contributed by atoms with van der Waals surface area (Å²) in [5, 5.41) is 3.00. The number of carbonyl (C=O) groups excluding carboxylic acids is 1. The third-order valence-electron chi connectivity index (χ3n) is 4.41. The average Bonchev–Trinajstić information content (AvgIpc) is 3.07. The van der Waals surface area contributed by atoms with E-state index < -0.39 is 0 Å². The van der Waals surface area contributed by atoms with Gasteiger partial charge in [-0.25, -0.2) is 4.98 Å². The van der Waals surface area contributed by atoms with Crippen LogP contribution in [0, 0.1) is 0 Å². The summed E-state index contributed by atoms with van der Waals surface area (Å²) < 4.78 is 2.97. The Hall–Kier alpha value is -2.57. The zero-order chi connectivity index (χ0) is 19.5. The van der Waals surface area contributed by atoms with Gasteiger partial charge in [0.25, 0.3) is 0 Å². The highest BCUT2D eigenvalue weighted by Crippen LogP contribution is 2.26. The van der Waals surface area contributed by atoms with Gasteiger partial charge in [0.2, 0.25) is 5.91 Å². The van der Waals surface area contributed by atoms with Crippen molar-refractivity contribution in [1.82, 2.24) is 9.55 Å². The Bertz CT molecular complexity index is 1140. The zero-order valence-corrected chi connectivity index (χ0v) is 17.6. The van der Waals surface area contributed by atoms with Crippen LogP contribution in [0.25, 0.3) is 22.4 Å². The SMILES string of the molecule is CSc1cccc(NC(=O)Cn2c(-c3ccc(Br)cc3)nc3ccccc32)c1. The zero-order valence-electron chi connectivity index (χ0n) is 15.2. The van der Waals surface area contributed by atoms with E-state index in [4.69, 9.17) is 4.98 Å². The van der Waals surface area contributed by atoms with Gasteiger partial charge in [-0.15, -0.1) is 11.8 Å². The molecular weight excluding hydrogens is 434 g/mol. The van der Waals surface area contributed by atoms with Crippen LogP contribution in [-0.2, 0) is 11.3 Å². The molecule has 1 amide bonds. The van der Waals surface area contributed by atoms with Crippen LogP contribution in [0.4, 0.5) is 5.69 Å². The molecule has 0 aliphatic carbocycles. The third-order valence-corrected chi connectivity index (χ3v) is 5.67. The molecule has 4 nitrogen and oxygen atoms in total. The number of nitrogens with zero attached hydrogens (tertiary/aromatic N) is 2. The highest BCUT2D eigenvalue weighted by molar-refractivity contribution is 9.10. The molecule has 0 aliphatic rings. The van der Waals surface area contributed by atoms with Crippen molar-refractivity contribution < 1.29 is 4.79 Å². The number of nitrogens with one attached hydrogen (secondary N) is 1. The number of hydrogen-bond acceptors (Lipinski definition) is 3. The second-order valence-corrected chi connectivity index (χ2v) is 8.09. The maximum atomic E-state index is 12.8. The third kappa shape index (κ3) is 3.98. The molecule has 0 saturated carbocycles. The summed E-state index contributed by atoms with van der Waals surface area (Å²) in [5.41, 5.74) is 3.58. The first kappa shape index (κ1) is 18.8. The Morgan fingerprint density at radius 1 is 1.07 bits per heavy atom. The van der Waals surface area contributed by atoms with Crippen molar-refractivity contribution in [2.45, 2.75) is 11.4 Å². The number of benzene rings is 3. The first-order valence-corrected chi connectivity index (χ1v) is 10.8. The van der Waals surface area contributed by atoms with Crippen LogP contribution >= 0.6 is 27.7 Å². The van der Waals surface area contributed by atoms with E-state index in [-0.39, 0.29) is 12.5 Å². The monoisotopic (exact) mass is 451 g/mol. The van der Waals surface area contributed by atoms with Gasteiger partial charge in [-0.2, -0.15) is 0 Å². The Labute approximate surface area is 176 Å². The number of para-hydroxylation sites is 2. The standard InChI is InChI=1S/C22H18BrN3OS/c1-28-18-6-4-5-17(13-18)24-21(27)14-26-20-8-3-2-7-19(20)25-22(26)15-9-11-16(23)12-10-15/h2-13H,14H2,1H3,(H,24,27). The van der Waals surface area contributed by atoms with E-state index in [0.717, 1.165) is 37.5 Å². The number of aromatic nitrogens is 2. The molecule has 4 rings (SSSR count). The molecule has 0 bridgehead atoms. The fourth-order valence-corrected chi connectivity index (χ4v) is 3.82. The van der Waals surface area contributed by atoms with Crippen LogP contribution in [0.1, 0.15) is 0 Å². The smallest absolute Gasteiger partial charge is 0.244 e. The van der Waals surface area contributed by atoms with Crippen LogP contribution in [0.15, 0.2) is 82.2 Å². The van der Waals surface area contributed by atoms with Crippen molar-refractivity contribution in [3.63, 3.8) is 0 Å². The quantitative estimate of drug-likeness (QED) is 0.388. The van der Waals surface area contributed by atoms with Crippen molar-refractivity contribution in [2.75, 3.05) is 11.6 Å². The van der Waals surface area contributed by atoms with Crippen molar-refractivity contribution in [1.29, 1.82) is 0 Å². The minimum atomic E-state index is -0.0835. The van der Waals surface area contributed by atoms with Gasteiger partial charge in [0.1, 0.15) is 12.4 Å². The molecular formula is C22H18BrN3OS. The summed E-state index contributed by atoms with van der Waals surface area (Å²) in [4.78, 5) is 18.7. The number of hydrogen-bond donors (Lipinski definition) is 1. The number of anilines is 1. The molecule has 1 N–H and O–H groups in total. The first-order valence-electron chi connectivity index (χ1n) is 8.79. The summed E-state index contributed by atoms with van der Waals surface area (Å²) in [5.74, 6) is 0.696. The number of amides is 1. The number of rotatable bonds is 5. The van der Waals surface area contributed by atoms with Gasteiger partial charge in [0, 0.05) is 20.6 Å². The first-order chi connectivity index (χ1) is 13.6. The normalized spacial score (nSPS) is 10.9. The van der Waals surface area contributed by atoms with Crippen LogP contribution in [0.3, 0.4) is 0 Å². The van der Waals surface area contributed by atoms with Gasteiger partial charge in [-0.3, -0.25) is 4.79 Å². The molecule has 1 heterocycles. The van der Waals surface area contributed by atoms with Crippen LogP contribution in [0.2, 0.25) is 0 Å². The second kappa shape index (κ2) is 8.20. The molecule has 6 heteroatoms. The molecule has 0 fully saturated rings. The minimum Gasteiger partial charge on any atom is -0.324 e. The lowest BCUT2D eigenvalue weighted by Crippen LogP contribution is -2.19. The number of imidazole rings is 1. The van der Waals surface area contributed by atoms with Gasteiger partial charge in [0.05, 0.1) is 11.0 Å². The summed E-state index contributed by atoms with van der Waals surface area (Å²) in [7, 11) is 0. The van der Waals surface area contributed by atoms with Crippen molar-refractivity contribution >= 4 is 50.3 Å². The second-order valence-electron chi connectivity index (χ2n) is 6.30. The highest BCUT2D eigenvalue weighted by Gasteiger charge is 2.15. The summed E-state index contributed by atoms with van der Waals surface area (Å²) in [6.07, 6.45) is 2.02. The van der Waals surface area contributed by atoms with E-state index in [1.54, 1.807) is 11.8 Å². The Kier molecular flexibility index (Phi) is 5.50. The molecule has 0 atom stereocenters. The van der Waals surface area contributed by atoms with Gasteiger partial charge >= 0.3 is 0 Å². The Morgan fingerprint density at radius 3 is 2.64 bits per heavy atom. The topological polar surface area (TPSA) is 46.9 Å². The fourth-order valence-electron chi connectivity index (χ4n) is 3.10. The average molecular weight is 452 g/mol. The number of thioether (sulfide) groups is 1. The number of carbonyl (C=O) groups is 1. The van der Waals surface area contributed by atoms with E-state index in [1.165, 1.54) is 0 Å². The highest BCUT2D eigenvalue weighted by atomic mass is 79.9. The number of halogens is 1. The Morgan fingerprint density at radius 2 is 1.86 bits per heavy atom. The lowest BCUT2D eigenvalue weighted by atomic mass is 10.2.